The van der Waals surface area contributed by atoms with Gasteiger partial charge in [0.05, 0.1) is 16.7 Å². The minimum absolute atomic E-state index is 0.654. The van der Waals surface area contributed by atoms with Gasteiger partial charge in [-0.2, -0.15) is 0 Å². The van der Waals surface area contributed by atoms with Gasteiger partial charge in [0.2, 0.25) is 0 Å². The van der Waals surface area contributed by atoms with Crippen molar-refractivity contribution < 1.29 is 4.74 Å². The number of halogens is 2. The third kappa shape index (κ3) is 1.80. The maximum atomic E-state index is 6.23. The van der Waals surface area contributed by atoms with Gasteiger partial charge in [0.15, 0.2) is 0 Å². The quantitative estimate of drug-likeness (QED) is 0.732. The van der Waals surface area contributed by atoms with E-state index in [0.29, 0.717) is 10.0 Å². The van der Waals surface area contributed by atoms with Crippen molar-refractivity contribution in [2.75, 3.05) is 6.61 Å². The summed E-state index contributed by atoms with van der Waals surface area (Å²) in [4.78, 5) is 0. The Hall–Kier alpha value is -1.18. The number of para-hydroxylation sites is 1. The number of rotatable bonds is 1. The molecule has 0 saturated carbocycles. The van der Waals surface area contributed by atoms with Crippen molar-refractivity contribution >= 4 is 23.2 Å². The molecule has 0 spiro atoms. The third-order valence-corrected chi connectivity index (χ3v) is 3.58. The first-order valence-electron chi connectivity index (χ1n) is 5.46. The molecule has 3 heteroatoms. The summed E-state index contributed by atoms with van der Waals surface area (Å²) in [6.45, 7) is 0.731. The van der Waals surface area contributed by atoms with E-state index < -0.39 is 0 Å². The Morgan fingerprint density at radius 3 is 2.41 bits per heavy atom. The fourth-order valence-electron chi connectivity index (χ4n) is 2.17. The fraction of sp³-hybridized carbons (Fsp3) is 0.143. The molecule has 86 valence electrons. The predicted octanol–water partition coefficient (Wildman–Crippen LogP) is 4.60. The van der Waals surface area contributed by atoms with Crippen molar-refractivity contribution in [1.29, 1.82) is 0 Å². The van der Waals surface area contributed by atoms with Gasteiger partial charge >= 0.3 is 0 Å². The van der Waals surface area contributed by atoms with E-state index in [1.807, 2.05) is 30.3 Å². The third-order valence-electron chi connectivity index (χ3n) is 2.95. The summed E-state index contributed by atoms with van der Waals surface area (Å²) < 4.78 is 5.68. The number of fused-ring (bicyclic) bond motifs is 1. The van der Waals surface area contributed by atoms with Gasteiger partial charge in [-0.25, -0.2) is 0 Å². The van der Waals surface area contributed by atoms with Crippen molar-refractivity contribution in [3.8, 4) is 16.9 Å². The fourth-order valence-corrected chi connectivity index (χ4v) is 2.77. The summed E-state index contributed by atoms with van der Waals surface area (Å²) in [5.41, 5.74) is 3.06. The summed E-state index contributed by atoms with van der Waals surface area (Å²) in [6.07, 6.45) is 0.950. The SMILES string of the molecule is Clc1cccc(Cl)c1-c1cccc2c1OCC2. The number of hydrogen-bond donors (Lipinski definition) is 0. The minimum atomic E-state index is 0.654. The zero-order valence-electron chi connectivity index (χ0n) is 9.04. The highest BCUT2D eigenvalue weighted by Crippen LogP contribution is 2.42. The van der Waals surface area contributed by atoms with Gasteiger partial charge in [-0.3, -0.25) is 0 Å². The summed E-state index contributed by atoms with van der Waals surface area (Å²) in [5.74, 6) is 0.919. The largest absolute Gasteiger partial charge is 0.492 e. The second kappa shape index (κ2) is 4.25. The topological polar surface area (TPSA) is 9.23 Å². The summed E-state index contributed by atoms with van der Waals surface area (Å²) in [6, 6.07) is 11.6. The lowest BCUT2D eigenvalue weighted by atomic mass is 10.0. The van der Waals surface area contributed by atoms with Crippen LogP contribution in [0.5, 0.6) is 5.75 Å². The lowest BCUT2D eigenvalue weighted by Crippen LogP contribution is -1.89. The van der Waals surface area contributed by atoms with Crippen LogP contribution in [0.3, 0.4) is 0 Å². The molecule has 0 aliphatic carbocycles. The van der Waals surface area contributed by atoms with E-state index in [9.17, 15) is 0 Å². The van der Waals surface area contributed by atoms with Crippen LogP contribution in [-0.2, 0) is 6.42 Å². The molecule has 3 rings (SSSR count). The van der Waals surface area contributed by atoms with Crippen LogP contribution >= 0.6 is 23.2 Å². The van der Waals surface area contributed by atoms with Crippen molar-refractivity contribution in [1.82, 2.24) is 0 Å². The van der Waals surface area contributed by atoms with Crippen LogP contribution in [0.25, 0.3) is 11.1 Å². The van der Waals surface area contributed by atoms with E-state index in [4.69, 9.17) is 27.9 Å². The average Bonchev–Trinajstić information content (AvgIpc) is 2.77. The molecular weight excluding hydrogens is 255 g/mol. The highest BCUT2D eigenvalue weighted by atomic mass is 35.5. The maximum Gasteiger partial charge on any atom is 0.130 e. The van der Waals surface area contributed by atoms with Gasteiger partial charge in [-0.05, 0) is 17.7 Å². The van der Waals surface area contributed by atoms with E-state index in [1.165, 1.54) is 5.56 Å². The van der Waals surface area contributed by atoms with Crippen LogP contribution in [0.2, 0.25) is 10.0 Å². The van der Waals surface area contributed by atoms with Crippen molar-refractivity contribution in [2.24, 2.45) is 0 Å². The van der Waals surface area contributed by atoms with Crippen LogP contribution < -0.4 is 4.74 Å². The van der Waals surface area contributed by atoms with Crippen LogP contribution in [0.4, 0.5) is 0 Å². The molecule has 0 bridgehead atoms. The second-order valence-electron chi connectivity index (χ2n) is 3.99. The van der Waals surface area contributed by atoms with Crippen molar-refractivity contribution in [3.63, 3.8) is 0 Å². The highest BCUT2D eigenvalue weighted by molar-refractivity contribution is 6.39. The van der Waals surface area contributed by atoms with Crippen molar-refractivity contribution in [2.45, 2.75) is 6.42 Å². The zero-order chi connectivity index (χ0) is 11.8. The Labute approximate surface area is 110 Å². The smallest absolute Gasteiger partial charge is 0.130 e. The van der Waals surface area contributed by atoms with Gasteiger partial charge in [-0.1, -0.05) is 47.5 Å². The van der Waals surface area contributed by atoms with Crippen molar-refractivity contribution in [3.05, 3.63) is 52.0 Å². The Morgan fingerprint density at radius 2 is 1.65 bits per heavy atom. The Morgan fingerprint density at radius 1 is 0.941 bits per heavy atom. The molecule has 0 amide bonds. The lowest BCUT2D eigenvalue weighted by Gasteiger charge is -2.11. The number of ether oxygens (including phenoxy) is 1. The van der Waals surface area contributed by atoms with Crippen LogP contribution in [0.1, 0.15) is 5.56 Å². The highest BCUT2D eigenvalue weighted by Gasteiger charge is 2.19. The summed E-state index contributed by atoms with van der Waals surface area (Å²) in [7, 11) is 0. The van der Waals surface area contributed by atoms with E-state index in [2.05, 4.69) is 6.07 Å². The molecule has 0 unspecified atom stereocenters. The van der Waals surface area contributed by atoms with Gasteiger partial charge in [0, 0.05) is 17.5 Å². The molecular formula is C14H10Cl2O. The van der Waals surface area contributed by atoms with Gasteiger partial charge in [-0.15, -0.1) is 0 Å². The molecule has 0 saturated heterocycles. The Bertz CT molecular complexity index is 558. The molecule has 17 heavy (non-hydrogen) atoms. The number of hydrogen-bond acceptors (Lipinski definition) is 1. The average molecular weight is 265 g/mol. The maximum absolute atomic E-state index is 6.23. The van der Waals surface area contributed by atoms with E-state index in [-0.39, 0.29) is 0 Å². The molecule has 2 aromatic carbocycles. The number of benzene rings is 2. The summed E-state index contributed by atoms with van der Waals surface area (Å²) in [5, 5.41) is 1.31. The van der Waals surface area contributed by atoms with E-state index in [0.717, 1.165) is 29.9 Å². The zero-order valence-corrected chi connectivity index (χ0v) is 10.6. The molecule has 1 aliphatic heterocycles. The molecule has 0 fully saturated rings. The molecule has 2 aromatic rings. The van der Waals surface area contributed by atoms with Crippen LogP contribution in [0.15, 0.2) is 36.4 Å². The molecule has 0 radical (unpaired) electrons. The van der Waals surface area contributed by atoms with Gasteiger partial charge < -0.3 is 4.74 Å². The predicted molar refractivity (Wildman–Crippen MR) is 71.1 cm³/mol. The lowest BCUT2D eigenvalue weighted by molar-refractivity contribution is 0.358. The first-order valence-corrected chi connectivity index (χ1v) is 6.22. The molecule has 1 nitrogen and oxygen atoms in total. The second-order valence-corrected chi connectivity index (χ2v) is 4.80. The van der Waals surface area contributed by atoms with Crippen LogP contribution in [-0.4, -0.2) is 6.61 Å². The molecule has 1 heterocycles. The molecule has 0 N–H and O–H groups in total. The van der Waals surface area contributed by atoms with Gasteiger partial charge in [0.1, 0.15) is 5.75 Å². The van der Waals surface area contributed by atoms with E-state index in [1.54, 1.807) is 0 Å². The van der Waals surface area contributed by atoms with Gasteiger partial charge in [0.25, 0.3) is 0 Å². The van der Waals surface area contributed by atoms with Crippen LogP contribution in [0, 0.1) is 0 Å². The first-order chi connectivity index (χ1) is 8.27. The summed E-state index contributed by atoms with van der Waals surface area (Å²) >= 11 is 12.5. The Kier molecular flexibility index (Phi) is 2.73. The van der Waals surface area contributed by atoms with E-state index >= 15 is 0 Å². The first kappa shape index (κ1) is 10.9. The standard InChI is InChI=1S/C14H10Cl2O/c15-11-5-2-6-12(16)13(11)10-4-1-3-9-7-8-17-14(9)10/h1-6H,7-8H2. The molecule has 0 atom stereocenters. The minimum Gasteiger partial charge on any atom is -0.492 e. The Balaban J connectivity index is 2.26. The molecule has 0 aromatic heterocycles. The normalized spacial score (nSPS) is 13.3. The molecule has 1 aliphatic rings. The monoisotopic (exact) mass is 264 g/mol.